The minimum Gasteiger partial charge on any atom is -0.467 e. The smallest absolute Gasteiger partial charge is 0.343 e. The first-order valence-electron chi connectivity index (χ1n) is 6.50. The first-order valence-corrected chi connectivity index (χ1v) is 6.50. The van der Waals surface area contributed by atoms with Gasteiger partial charge in [0.2, 0.25) is 0 Å². The Kier molecular flexibility index (Phi) is 7.40. The van der Waals surface area contributed by atoms with Gasteiger partial charge in [0.1, 0.15) is 0 Å². The average molecular weight is 302 g/mol. The van der Waals surface area contributed by atoms with Crippen molar-refractivity contribution < 1.29 is 28.7 Å². The first kappa shape index (κ1) is 18.9. The molecule has 0 rings (SSSR count). The fraction of sp³-hybridized carbons (Fsp3) is 0.692. The van der Waals surface area contributed by atoms with Crippen molar-refractivity contribution in [1.82, 2.24) is 10.6 Å². The SMILES string of the molecule is CC[C@@H](C)CNC(=O)C(C(=O)NC)(C(=O)OC)C(=O)OC. The lowest BCUT2D eigenvalue weighted by molar-refractivity contribution is -0.175. The maximum Gasteiger partial charge on any atom is 0.343 e. The molecule has 1 atom stereocenters. The number of nitrogens with one attached hydrogen (secondary N) is 2. The van der Waals surface area contributed by atoms with E-state index in [1.165, 1.54) is 7.05 Å². The molecule has 8 nitrogen and oxygen atoms in total. The van der Waals surface area contributed by atoms with Gasteiger partial charge in [0.15, 0.2) is 0 Å². The molecule has 0 fully saturated rings. The van der Waals surface area contributed by atoms with Crippen molar-refractivity contribution in [2.24, 2.45) is 11.3 Å². The van der Waals surface area contributed by atoms with Crippen LogP contribution in [0.15, 0.2) is 0 Å². The maximum atomic E-state index is 12.3. The molecule has 0 aliphatic rings. The van der Waals surface area contributed by atoms with Crippen LogP contribution in [0.5, 0.6) is 0 Å². The summed E-state index contributed by atoms with van der Waals surface area (Å²) in [4.78, 5) is 48.2. The Hall–Kier alpha value is -2.12. The highest BCUT2D eigenvalue weighted by Gasteiger charge is 2.61. The third-order valence-electron chi connectivity index (χ3n) is 3.20. The fourth-order valence-corrected chi connectivity index (χ4v) is 1.59. The maximum absolute atomic E-state index is 12.3. The standard InChI is InChI=1S/C13H22N2O6/c1-6-8(2)7-15-10(17)13(9(16)14-3,11(18)20-4)12(19)21-5/h8H,6-7H2,1-5H3,(H,14,16)(H,15,17)/t8-/m1/s1. The van der Waals surface area contributed by atoms with Crippen molar-refractivity contribution in [3.63, 3.8) is 0 Å². The van der Waals surface area contributed by atoms with E-state index < -0.39 is 29.2 Å². The van der Waals surface area contributed by atoms with Crippen molar-refractivity contribution in [3.05, 3.63) is 0 Å². The molecule has 0 aromatic rings. The topological polar surface area (TPSA) is 111 Å². The molecule has 2 N–H and O–H groups in total. The Morgan fingerprint density at radius 1 is 1.05 bits per heavy atom. The Labute approximate surface area is 123 Å². The lowest BCUT2D eigenvalue weighted by atomic mass is 9.85. The third-order valence-corrected chi connectivity index (χ3v) is 3.20. The van der Waals surface area contributed by atoms with E-state index in [9.17, 15) is 19.2 Å². The highest BCUT2D eigenvalue weighted by molar-refractivity contribution is 6.35. The number of rotatable bonds is 7. The third kappa shape index (κ3) is 3.71. The molecule has 8 heteroatoms. The minimum absolute atomic E-state index is 0.117. The van der Waals surface area contributed by atoms with Crippen LogP contribution in [0, 0.1) is 11.3 Å². The Morgan fingerprint density at radius 3 is 1.86 bits per heavy atom. The van der Waals surface area contributed by atoms with Crippen LogP contribution in [0.1, 0.15) is 20.3 Å². The summed E-state index contributed by atoms with van der Waals surface area (Å²) in [5, 5.41) is 4.54. The summed E-state index contributed by atoms with van der Waals surface area (Å²) in [5.74, 6) is -4.65. The van der Waals surface area contributed by atoms with Gasteiger partial charge in [-0.25, -0.2) is 9.59 Å². The van der Waals surface area contributed by atoms with E-state index in [0.717, 1.165) is 20.6 Å². The van der Waals surface area contributed by atoms with E-state index >= 15 is 0 Å². The molecular formula is C13H22N2O6. The highest BCUT2D eigenvalue weighted by atomic mass is 16.5. The van der Waals surface area contributed by atoms with Crippen LogP contribution in [0.25, 0.3) is 0 Å². The van der Waals surface area contributed by atoms with E-state index in [-0.39, 0.29) is 12.5 Å². The van der Waals surface area contributed by atoms with Gasteiger partial charge in [-0.15, -0.1) is 0 Å². The molecule has 0 aromatic carbocycles. The van der Waals surface area contributed by atoms with Gasteiger partial charge >= 0.3 is 17.4 Å². The fourth-order valence-electron chi connectivity index (χ4n) is 1.59. The zero-order valence-electron chi connectivity index (χ0n) is 12.9. The number of esters is 2. The highest BCUT2D eigenvalue weighted by Crippen LogP contribution is 2.23. The van der Waals surface area contributed by atoms with E-state index in [1.807, 2.05) is 13.8 Å². The van der Waals surface area contributed by atoms with Crippen LogP contribution in [0.3, 0.4) is 0 Å². The second-order valence-corrected chi connectivity index (χ2v) is 4.54. The van der Waals surface area contributed by atoms with Gasteiger partial charge in [-0.2, -0.15) is 0 Å². The lowest BCUT2D eigenvalue weighted by Gasteiger charge is -2.25. The van der Waals surface area contributed by atoms with Crippen molar-refractivity contribution >= 4 is 23.8 Å². The number of amides is 2. The van der Waals surface area contributed by atoms with Gasteiger partial charge in [0.05, 0.1) is 14.2 Å². The van der Waals surface area contributed by atoms with E-state index in [4.69, 9.17) is 0 Å². The molecule has 0 unspecified atom stereocenters. The number of hydrogen-bond donors (Lipinski definition) is 2. The molecule has 0 spiro atoms. The molecule has 0 aromatic heterocycles. The van der Waals surface area contributed by atoms with E-state index in [1.54, 1.807) is 0 Å². The molecule has 0 aliphatic heterocycles. The predicted octanol–water partition coefficient (Wildman–Crippen LogP) is -0.773. The summed E-state index contributed by atoms with van der Waals surface area (Å²) in [6.07, 6.45) is 0.781. The zero-order chi connectivity index (χ0) is 16.6. The zero-order valence-corrected chi connectivity index (χ0v) is 12.9. The normalized spacial score (nSPS) is 12.0. The second-order valence-electron chi connectivity index (χ2n) is 4.54. The molecule has 0 saturated heterocycles. The lowest BCUT2D eigenvalue weighted by Crippen LogP contribution is -2.61. The number of carbonyl (C=O) groups excluding carboxylic acids is 4. The van der Waals surface area contributed by atoms with Crippen LogP contribution in [0.2, 0.25) is 0 Å². The minimum atomic E-state index is -2.70. The number of carbonyl (C=O) groups is 4. The summed E-state index contributed by atoms with van der Waals surface area (Å²) in [7, 11) is 3.15. The summed E-state index contributed by atoms with van der Waals surface area (Å²) >= 11 is 0. The molecule has 0 radical (unpaired) electrons. The Morgan fingerprint density at radius 2 is 1.52 bits per heavy atom. The van der Waals surface area contributed by atoms with Crippen LogP contribution < -0.4 is 10.6 Å². The van der Waals surface area contributed by atoms with Crippen LogP contribution in [-0.4, -0.2) is 51.6 Å². The summed E-state index contributed by atoms with van der Waals surface area (Å²) < 4.78 is 8.91. The van der Waals surface area contributed by atoms with E-state index in [2.05, 4.69) is 20.1 Å². The van der Waals surface area contributed by atoms with Gasteiger partial charge in [0, 0.05) is 13.6 Å². The van der Waals surface area contributed by atoms with Gasteiger partial charge in [-0.05, 0) is 5.92 Å². The monoisotopic (exact) mass is 302 g/mol. The molecule has 0 bridgehead atoms. The molecule has 0 saturated carbocycles. The molecule has 0 heterocycles. The van der Waals surface area contributed by atoms with Gasteiger partial charge < -0.3 is 20.1 Å². The molecular weight excluding hydrogens is 280 g/mol. The quantitative estimate of drug-likeness (QED) is 0.472. The molecule has 0 aliphatic carbocycles. The molecule has 2 amide bonds. The van der Waals surface area contributed by atoms with Crippen LogP contribution >= 0.6 is 0 Å². The van der Waals surface area contributed by atoms with Crippen LogP contribution in [0.4, 0.5) is 0 Å². The number of ether oxygens (including phenoxy) is 2. The Bertz CT molecular complexity index is 380. The van der Waals surface area contributed by atoms with Gasteiger partial charge in [0.25, 0.3) is 11.8 Å². The van der Waals surface area contributed by atoms with Crippen molar-refractivity contribution in [1.29, 1.82) is 0 Å². The largest absolute Gasteiger partial charge is 0.467 e. The summed E-state index contributed by atoms with van der Waals surface area (Å²) in [6, 6.07) is 0. The summed E-state index contributed by atoms with van der Waals surface area (Å²) in [6.45, 7) is 4.00. The summed E-state index contributed by atoms with van der Waals surface area (Å²) in [5.41, 5.74) is -2.70. The van der Waals surface area contributed by atoms with Crippen molar-refractivity contribution in [2.75, 3.05) is 27.8 Å². The Balaban J connectivity index is 5.65. The van der Waals surface area contributed by atoms with E-state index in [0.29, 0.717) is 0 Å². The first-order chi connectivity index (χ1) is 9.82. The van der Waals surface area contributed by atoms with Gasteiger partial charge in [-0.1, -0.05) is 20.3 Å². The molecule has 120 valence electrons. The number of methoxy groups -OCH3 is 2. The average Bonchev–Trinajstić information content (AvgIpc) is 2.51. The van der Waals surface area contributed by atoms with Crippen molar-refractivity contribution in [3.8, 4) is 0 Å². The van der Waals surface area contributed by atoms with Crippen molar-refractivity contribution in [2.45, 2.75) is 20.3 Å². The predicted molar refractivity (Wildman–Crippen MR) is 73.0 cm³/mol. The van der Waals surface area contributed by atoms with Crippen LogP contribution in [-0.2, 0) is 28.7 Å². The molecule has 21 heavy (non-hydrogen) atoms. The number of hydrogen-bond acceptors (Lipinski definition) is 6. The van der Waals surface area contributed by atoms with Gasteiger partial charge in [-0.3, -0.25) is 9.59 Å². The second kappa shape index (κ2) is 8.23.